The van der Waals surface area contributed by atoms with Crippen LogP contribution in [0.25, 0.3) is 0 Å². The third-order valence-corrected chi connectivity index (χ3v) is 3.65. The van der Waals surface area contributed by atoms with Gasteiger partial charge >= 0.3 is 5.69 Å². The number of anilines is 2. The molecule has 0 atom stereocenters. The highest BCUT2D eigenvalue weighted by molar-refractivity contribution is 5.95. The van der Waals surface area contributed by atoms with Gasteiger partial charge in [0.05, 0.1) is 22.7 Å². The van der Waals surface area contributed by atoms with E-state index in [0.29, 0.717) is 5.76 Å². The van der Waals surface area contributed by atoms with Crippen molar-refractivity contribution in [2.75, 3.05) is 10.7 Å². The molecule has 0 fully saturated rings. The molecule has 13 nitrogen and oxygen atoms in total. The summed E-state index contributed by atoms with van der Waals surface area (Å²) in [5.74, 6) is -0.451. The van der Waals surface area contributed by atoms with Gasteiger partial charge in [0.2, 0.25) is 11.6 Å². The van der Waals surface area contributed by atoms with E-state index in [9.17, 15) is 25.0 Å². The van der Waals surface area contributed by atoms with Crippen LogP contribution in [0.3, 0.4) is 0 Å². The number of rotatable bonds is 8. The van der Waals surface area contributed by atoms with E-state index < -0.39 is 21.4 Å². The first-order valence-electron chi connectivity index (χ1n) is 8.02. The molecule has 1 aromatic carbocycles. The molecule has 1 amide bonds. The maximum atomic E-state index is 12.2. The Kier molecular flexibility index (Phi) is 5.58. The number of benzene rings is 1. The van der Waals surface area contributed by atoms with Crippen molar-refractivity contribution in [1.29, 1.82) is 0 Å². The topological polar surface area (TPSA) is 178 Å². The molecule has 0 bridgehead atoms. The molecule has 0 aliphatic rings. The zero-order valence-corrected chi connectivity index (χ0v) is 14.6. The summed E-state index contributed by atoms with van der Waals surface area (Å²) < 4.78 is 5.15. The van der Waals surface area contributed by atoms with Crippen molar-refractivity contribution in [3.05, 3.63) is 80.5 Å². The van der Waals surface area contributed by atoms with Gasteiger partial charge in [-0.05, 0) is 24.3 Å². The lowest BCUT2D eigenvalue weighted by atomic mass is 10.2. The van der Waals surface area contributed by atoms with E-state index in [4.69, 9.17) is 4.42 Å². The number of hydrogen-bond donors (Lipinski definition) is 3. The Labute approximate surface area is 162 Å². The number of non-ortho nitro benzene ring substituents is 1. The van der Waals surface area contributed by atoms with Crippen molar-refractivity contribution in [2.24, 2.45) is 0 Å². The van der Waals surface area contributed by atoms with Gasteiger partial charge in [-0.3, -0.25) is 35.9 Å². The zero-order chi connectivity index (χ0) is 20.8. The third-order valence-electron chi connectivity index (χ3n) is 3.65. The second-order valence-corrected chi connectivity index (χ2v) is 5.49. The van der Waals surface area contributed by atoms with Gasteiger partial charge in [-0.25, -0.2) is 9.97 Å². The molecule has 0 radical (unpaired) electrons. The van der Waals surface area contributed by atoms with Crippen molar-refractivity contribution in [3.63, 3.8) is 0 Å². The molecule has 3 aromatic rings. The molecular formula is C16H13N7O6. The number of nitro groups is 2. The number of nitrogens with one attached hydrogen (secondary N) is 3. The van der Waals surface area contributed by atoms with Crippen molar-refractivity contribution >= 4 is 28.9 Å². The van der Waals surface area contributed by atoms with E-state index in [1.807, 2.05) is 0 Å². The molecule has 0 aliphatic heterocycles. The minimum absolute atomic E-state index is 0.0755. The van der Waals surface area contributed by atoms with Crippen LogP contribution in [0.1, 0.15) is 16.1 Å². The van der Waals surface area contributed by atoms with Crippen molar-refractivity contribution < 1.29 is 19.1 Å². The maximum Gasteiger partial charge on any atom is 0.354 e. The van der Waals surface area contributed by atoms with Gasteiger partial charge in [-0.2, -0.15) is 0 Å². The van der Waals surface area contributed by atoms with Crippen LogP contribution in [-0.4, -0.2) is 25.7 Å². The Morgan fingerprint density at radius 3 is 2.38 bits per heavy atom. The highest BCUT2D eigenvalue weighted by Gasteiger charge is 2.23. The fraction of sp³-hybridized carbons (Fsp3) is 0.0625. The monoisotopic (exact) mass is 399 g/mol. The number of carbonyl (C=O) groups excluding carboxylic acids is 1. The van der Waals surface area contributed by atoms with Gasteiger partial charge in [0.15, 0.2) is 0 Å². The molecular weight excluding hydrogens is 386 g/mol. The molecule has 3 N–H and O–H groups in total. The molecule has 0 aliphatic carbocycles. The molecule has 148 valence electrons. The SMILES string of the molecule is O=C(NNc1ncnc(NCc2ccco2)c1[N+](=O)[O-])c1ccc([N+](=O)[O-])cc1. The maximum absolute atomic E-state index is 12.2. The summed E-state index contributed by atoms with van der Waals surface area (Å²) in [6.07, 6.45) is 2.55. The summed E-state index contributed by atoms with van der Waals surface area (Å²) >= 11 is 0. The molecule has 2 aromatic heterocycles. The van der Waals surface area contributed by atoms with E-state index in [1.165, 1.54) is 30.5 Å². The Morgan fingerprint density at radius 2 is 1.76 bits per heavy atom. The number of carbonyl (C=O) groups is 1. The molecule has 0 saturated heterocycles. The van der Waals surface area contributed by atoms with Gasteiger partial charge in [0, 0.05) is 17.7 Å². The minimum atomic E-state index is -0.704. The van der Waals surface area contributed by atoms with Gasteiger partial charge in [0.1, 0.15) is 12.1 Å². The van der Waals surface area contributed by atoms with Gasteiger partial charge in [-0.15, -0.1) is 0 Å². The summed E-state index contributed by atoms with van der Waals surface area (Å²) in [7, 11) is 0. The van der Waals surface area contributed by atoms with Crippen molar-refractivity contribution in [1.82, 2.24) is 15.4 Å². The van der Waals surface area contributed by atoms with Crippen molar-refractivity contribution in [2.45, 2.75) is 6.54 Å². The summed E-state index contributed by atoms with van der Waals surface area (Å²) in [6, 6.07) is 8.19. The number of nitro benzene ring substituents is 1. The van der Waals surface area contributed by atoms with E-state index >= 15 is 0 Å². The zero-order valence-electron chi connectivity index (χ0n) is 14.6. The summed E-state index contributed by atoms with van der Waals surface area (Å²) in [6.45, 7) is 0.152. The molecule has 2 heterocycles. The first-order valence-corrected chi connectivity index (χ1v) is 8.02. The predicted molar refractivity (Wildman–Crippen MR) is 98.9 cm³/mol. The molecule has 13 heteroatoms. The number of furan rings is 1. The van der Waals surface area contributed by atoms with Gasteiger partial charge < -0.3 is 9.73 Å². The average Bonchev–Trinajstić information content (AvgIpc) is 3.24. The van der Waals surface area contributed by atoms with Gasteiger partial charge in [-0.1, -0.05) is 0 Å². The molecule has 0 saturated carbocycles. The van der Waals surface area contributed by atoms with Crippen LogP contribution < -0.4 is 16.2 Å². The van der Waals surface area contributed by atoms with E-state index in [-0.39, 0.29) is 29.4 Å². The fourth-order valence-electron chi connectivity index (χ4n) is 2.28. The first kappa shape index (κ1) is 19.2. The highest BCUT2D eigenvalue weighted by Crippen LogP contribution is 2.28. The second-order valence-electron chi connectivity index (χ2n) is 5.49. The van der Waals surface area contributed by atoms with Gasteiger partial charge in [0.25, 0.3) is 11.6 Å². The summed E-state index contributed by atoms with van der Waals surface area (Å²) in [5, 5.41) is 24.9. The number of hydrogen-bond acceptors (Lipinski definition) is 10. The summed E-state index contributed by atoms with van der Waals surface area (Å²) in [4.78, 5) is 40.6. The number of aromatic nitrogens is 2. The van der Waals surface area contributed by atoms with Crippen LogP contribution >= 0.6 is 0 Å². The van der Waals surface area contributed by atoms with Crippen molar-refractivity contribution in [3.8, 4) is 0 Å². The predicted octanol–water partition coefficient (Wildman–Crippen LogP) is 2.25. The smallest absolute Gasteiger partial charge is 0.354 e. The van der Waals surface area contributed by atoms with E-state index in [0.717, 1.165) is 6.33 Å². The molecule has 0 spiro atoms. The Balaban J connectivity index is 1.72. The van der Waals surface area contributed by atoms with Crippen LogP contribution in [0.5, 0.6) is 0 Å². The van der Waals surface area contributed by atoms with E-state index in [2.05, 4.69) is 26.1 Å². The number of amides is 1. The Hall–Kier alpha value is -4.55. The third kappa shape index (κ3) is 4.60. The number of hydrazine groups is 1. The highest BCUT2D eigenvalue weighted by atomic mass is 16.6. The number of nitrogens with zero attached hydrogens (tertiary/aromatic N) is 4. The normalized spacial score (nSPS) is 10.2. The van der Waals surface area contributed by atoms with Crippen LogP contribution in [0.15, 0.2) is 53.4 Å². The average molecular weight is 399 g/mol. The molecule has 29 heavy (non-hydrogen) atoms. The van der Waals surface area contributed by atoms with Crippen LogP contribution in [0.2, 0.25) is 0 Å². The van der Waals surface area contributed by atoms with Crippen LogP contribution in [0, 0.1) is 20.2 Å². The fourth-order valence-corrected chi connectivity index (χ4v) is 2.28. The first-order chi connectivity index (χ1) is 14.0. The second kappa shape index (κ2) is 8.43. The summed E-state index contributed by atoms with van der Waals surface area (Å²) in [5.41, 5.74) is 4.08. The van der Waals surface area contributed by atoms with Crippen LogP contribution in [-0.2, 0) is 6.54 Å². The lowest BCUT2D eigenvalue weighted by molar-refractivity contribution is -0.384. The largest absolute Gasteiger partial charge is 0.467 e. The lowest BCUT2D eigenvalue weighted by Gasteiger charge is -2.10. The Morgan fingerprint density at radius 1 is 1.03 bits per heavy atom. The lowest BCUT2D eigenvalue weighted by Crippen LogP contribution is -2.30. The van der Waals surface area contributed by atoms with Crippen LogP contribution in [0.4, 0.5) is 23.0 Å². The molecule has 0 unspecified atom stereocenters. The molecule has 3 rings (SSSR count). The Bertz CT molecular complexity index is 1040. The van der Waals surface area contributed by atoms with E-state index in [1.54, 1.807) is 12.1 Å². The minimum Gasteiger partial charge on any atom is -0.467 e. The quantitative estimate of drug-likeness (QED) is 0.376. The standard InChI is InChI=1S/C16H13N7O6/c24-16(10-3-5-11(6-4-10)22(25)26)21-20-15-13(23(27)28)14(18-9-19-15)17-8-12-2-1-7-29-12/h1-7,9H,8H2,(H,21,24)(H2,17,18,19,20).